The Morgan fingerprint density at radius 2 is 2.00 bits per heavy atom. The number of rotatable bonds is 4. The average Bonchev–Trinajstić information content (AvgIpc) is 2.90. The van der Waals surface area contributed by atoms with Crippen LogP contribution in [-0.4, -0.2) is 42.2 Å². The van der Waals surface area contributed by atoms with Crippen LogP contribution in [0, 0.1) is 6.92 Å². The molecule has 0 atom stereocenters. The maximum Gasteiger partial charge on any atom is 0.411 e. The molecule has 4 nitrogen and oxygen atoms in total. The van der Waals surface area contributed by atoms with Crippen LogP contribution in [-0.2, 0) is 4.79 Å². The third kappa shape index (κ3) is 4.77. The molecular formula is C16H22ClF3N2O2. The van der Waals surface area contributed by atoms with Crippen molar-refractivity contribution < 1.29 is 22.4 Å². The molecule has 1 aliphatic rings. The van der Waals surface area contributed by atoms with Crippen molar-refractivity contribution in [2.24, 2.45) is 0 Å². The summed E-state index contributed by atoms with van der Waals surface area (Å²) >= 11 is 0. The van der Waals surface area contributed by atoms with Gasteiger partial charge in [-0.2, -0.15) is 13.2 Å². The number of aryl methyl sites for hydroxylation is 1. The Morgan fingerprint density at radius 1 is 1.38 bits per heavy atom. The van der Waals surface area contributed by atoms with E-state index in [9.17, 15) is 18.0 Å². The molecule has 0 aliphatic carbocycles. The van der Waals surface area contributed by atoms with Crippen molar-refractivity contribution in [2.45, 2.75) is 38.4 Å². The molecule has 0 spiro atoms. The van der Waals surface area contributed by atoms with Crippen LogP contribution in [0.25, 0.3) is 6.08 Å². The van der Waals surface area contributed by atoms with Crippen molar-refractivity contribution in [1.29, 1.82) is 0 Å². The van der Waals surface area contributed by atoms with E-state index in [2.05, 4.69) is 5.32 Å². The molecular weight excluding hydrogens is 345 g/mol. The summed E-state index contributed by atoms with van der Waals surface area (Å²) in [4.78, 5) is 13.9. The summed E-state index contributed by atoms with van der Waals surface area (Å²) in [6.07, 6.45) is -2.29. The molecule has 1 N–H and O–H groups in total. The van der Waals surface area contributed by atoms with E-state index >= 15 is 0 Å². The molecule has 1 aromatic heterocycles. The van der Waals surface area contributed by atoms with E-state index in [4.69, 9.17) is 4.42 Å². The molecule has 0 radical (unpaired) electrons. The molecule has 2 rings (SSSR count). The van der Waals surface area contributed by atoms with Gasteiger partial charge in [-0.05, 0) is 44.5 Å². The van der Waals surface area contributed by atoms with Gasteiger partial charge in [0.15, 0.2) is 0 Å². The first-order chi connectivity index (χ1) is 10.8. The first-order valence-electron chi connectivity index (χ1n) is 7.61. The second-order valence-electron chi connectivity index (χ2n) is 5.79. The summed E-state index contributed by atoms with van der Waals surface area (Å²) in [7, 11) is 0. The van der Waals surface area contributed by atoms with E-state index in [1.54, 1.807) is 19.1 Å². The highest BCUT2D eigenvalue weighted by Gasteiger charge is 2.56. The lowest BCUT2D eigenvalue weighted by Gasteiger charge is -2.42. The number of nitrogens with zero attached hydrogens (tertiary/aromatic N) is 1. The lowest BCUT2D eigenvalue weighted by Crippen LogP contribution is -2.63. The van der Waals surface area contributed by atoms with Gasteiger partial charge in [-0.25, -0.2) is 0 Å². The standard InChI is InChI=1S/C16H21F3N2O2.ClH/c1-3-21-10-8-15(9-11-21,16(17,18)19)20-14(22)7-6-13-5-4-12(2)23-13;/h4-7H,3,8-11H2,1-2H3,(H,20,22);1H. The molecule has 136 valence electrons. The molecule has 0 unspecified atom stereocenters. The summed E-state index contributed by atoms with van der Waals surface area (Å²) in [5, 5.41) is 2.17. The maximum atomic E-state index is 13.5. The highest BCUT2D eigenvalue weighted by atomic mass is 35.5. The van der Waals surface area contributed by atoms with Gasteiger partial charge in [0.25, 0.3) is 0 Å². The van der Waals surface area contributed by atoms with Crippen molar-refractivity contribution in [2.75, 3.05) is 19.6 Å². The minimum absolute atomic E-state index is 0. The van der Waals surface area contributed by atoms with E-state index < -0.39 is 17.6 Å². The number of hydrogen-bond acceptors (Lipinski definition) is 3. The predicted molar refractivity (Wildman–Crippen MR) is 88.0 cm³/mol. The maximum absolute atomic E-state index is 13.5. The van der Waals surface area contributed by atoms with E-state index in [1.165, 1.54) is 6.08 Å². The molecule has 1 fully saturated rings. The van der Waals surface area contributed by atoms with Gasteiger partial charge in [-0.1, -0.05) is 6.92 Å². The third-order valence-corrected chi connectivity index (χ3v) is 4.22. The van der Waals surface area contributed by atoms with Crippen LogP contribution in [0.15, 0.2) is 22.6 Å². The third-order valence-electron chi connectivity index (χ3n) is 4.22. The summed E-state index contributed by atoms with van der Waals surface area (Å²) in [6, 6.07) is 3.37. The summed E-state index contributed by atoms with van der Waals surface area (Å²) in [5.74, 6) is 0.338. The number of nitrogens with one attached hydrogen (secondary N) is 1. The van der Waals surface area contributed by atoms with Gasteiger partial charge < -0.3 is 14.6 Å². The molecule has 0 aromatic carbocycles. The zero-order valence-corrected chi connectivity index (χ0v) is 14.5. The smallest absolute Gasteiger partial charge is 0.411 e. The fourth-order valence-corrected chi connectivity index (χ4v) is 2.71. The first kappa shape index (κ1) is 20.6. The second kappa shape index (κ2) is 8.07. The fourth-order valence-electron chi connectivity index (χ4n) is 2.71. The highest BCUT2D eigenvalue weighted by Crippen LogP contribution is 2.38. The summed E-state index contributed by atoms with van der Waals surface area (Å²) in [6.45, 7) is 5.00. The van der Waals surface area contributed by atoms with Crippen LogP contribution in [0.3, 0.4) is 0 Å². The quantitative estimate of drug-likeness (QED) is 0.829. The average molecular weight is 367 g/mol. The van der Waals surface area contributed by atoms with Gasteiger partial charge in [0.2, 0.25) is 5.91 Å². The Kier molecular flexibility index (Phi) is 6.92. The van der Waals surface area contributed by atoms with Crippen LogP contribution in [0.4, 0.5) is 13.2 Å². The first-order valence-corrected chi connectivity index (χ1v) is 7.61. The van der Waals surface area contributed by atoms with Crippen molar-refractivity contribution in [3.05, 3.63) is 29.7 Å². The number of piperidine rings is 1. The number of carbonyl (C=O) groups excluding carboxylic acids is 1. The predicted octanol–water partition coefficient (Wildman–Crippen LogP) is 3.56. The van der Waals surface area contributed by atoms with Crippen LogP contribution in [0.2, 0.25) is 0 Å². The van der Waals surface area contributed by atoms with Gasteiger partial charge >= 0.3 is 6.18 Å². The van der Waals surface area contributed by atoms with E-state index in [0.29, 0.717) is 31.2 Å². The van der Waals surface area contributed by atoms with Crippen LogP contribution < -0.4 is 5.32 Å². The molecule has 2 heterocycles. The van der Waals surface area contributed by atoms with Gasteiger partial charge in [0.05, 0.1) is 0 Å². The lowest BCUT2D eigenvalue weighted by atomic mass is 9.86. The van der Waals surface area contributed by atoms with E-state index in [-0.39, 0.29) is 25.2 Å². The van der Waals surface area contributed by atoms with Crippen LogP contribution in [0.1, 0.15) is 31.3 Å². The van der Waals surface area contributed by atoms with Gasteiger partial charge in [0, 0.05) is 19.2 Å². The summed E-state index contributed by atoms with van der Waals surface area (Å²) in [5.41, 5.74) is -2.15. The number of carbonyl (C=O) groups is 1. The molecule has 8 heteroatoms. The Balaban J connectivity index is 0.00000288. The van der Waals surface area contributed by atoms with Crippen molar-refractivity contribution in [3.63, 3.8) is 0 Å². The fraction of sp³-hybridized carbons (Fsp3) is 0.562. The minimum atomic E-state index is -4.47. The van der Waals surface area contributed by atoms with Crippen LogP contribution >= 0.6 is 12.4 Å². The highest BCUT2D eigenvalue weighted by molar-refractivity contribution is 5.92. The SMILES string of the molecule is CCN1CCC(NC(=O)C=Cc2ccc(C)o2)(C(F)(F)F)CC1.Cl. The molecule has 24 heavy (non-hydrogen) atoms. The van der Waals surface area contributed by atoms with Gasteiger partial charge in [0.1, 0.15) is 17.1 Å². The van der Waals surface area contributed by atoms with E-state index in [0.717, 1.165) is 6.08 Å². The normalized spacial score (nSPS) is 18.4. The summed E-state index contributed by atoms with van der Waals surface area (Å²) < 4.78 is 45.7. The number of hydrogen-bond donors (Lipinski definition) is 1. The number of furan rings is 1. The monoisotopic (exact) mass is 366 g/mol. The van der Waals surface area contributed by atoms with Crippen molar-refractivity contribution >= 4 is 24.4 Å². The Bertz CT molecular complexity index is 576. The largest absolute Gasteiger partial charge is 0.462 e. The number of amides is 1. The lowest BCUT2D eigenvalue weighted by molar-refractivity contribution is -0.208. The Labute approximate surface area is 145 Å². The van der Waals surface area contributed by atoms with Crippen molar-refractivity contribution in [3.8, 4) is 0 Å². The number of likely N-dealkylation sites (tertiary alicyclic amines) is 1. The molecule has 1 aromatic rings. The van der Waals surface area contributed by atoms with Gasteiger partial charge in [-0.15, -0.1) is 12.4 Å². The molecule has 1 amide bonds. The topological polar surface area (TPSA) is 45.5 Å². The van der Waals surface area contributed by atoms with Gasteiger partial charge in [-0.3, -0.25) is 4.79 Å². The molecule has 1 aliphatic heterocycles. The molecule has 0 saturated carbocycles. The Morgan fingerprint density at radius 3 is 2.46 bits per heavy atom. The molecule has 1 saturated heterocycles. The minimum Gasteiger partial charge on any atom is -0.462 e. The second-order valence-corrected chi connectivity index (χ2v) is 5.79. The van der Waals surface area contributed by atoms with Crippen LogP contribution in [0.5, 0.6) is 0 Å². The van der Waals surface area contributed by atoms with E-state index in [1.807, 2.05) is 11.8 Å². The van der Waals surface area contributed by atoms with Crippen molar-refractivity contribution in [1.82, 2.24) is 10.2 Å². The zero-order chi connectivity index (χ0) is 17.1. The molecule has 0 bridgehead atoms. The zero-order valence-electron chi connectivity index (χ0n) is 13.7. The number of halogens is 4. The Hall–Kier alpha value is -1.47. The number of alkyl halides is 3.